The molecule has 7 rings (SSSR count). The molecule has 1 spiro atoms. The number of ether oxygens (including phenoxy) is 2. The number of aliphatic hydroxyl groups excluding tert-OH is 2. The van der Waals surface area contributed by atoms with Gasteiger partial charge in [-0.2, -0.15) is 0 Å². The van der Waals surface area contributed by atoms with Crippen molar-refractivity contribution in [2.24, 2.45) is 16.8 Å². The van der Waals surface area contributed by atoms with Gasteiger partial charge in [0, 0.05) is 56.1 Å². The third kappa shape index (κ3) is 7.20. The molecule has 0 aromatic heterocycles. The molecule has 0 saturated carbocycles. The van der Waals surface area contributed by atoms with Crippen LogP contribution in [0.2, 0.25) is 0 Å². The predicted octanol–water partition coefficient (Wildman–Crippen LogP) is 4.71. The first-order valence-corrected chi connectivity index (χ1v) is 18.5. The number of piperidine rings is 1. The van der Waals surface area contributed by atoms with E-state index in [4.69, 9.17) is 14.5 Å². The molecule has 6 aliphatic rings. The Hall–Kier alpha value is -4.26. The van der Waals surface area contributed by atoms with Crippen LogP contribution in [-0.4, -0.2) is 86.7 Å². The van der Waals surface area contributed by atoms with Crippen LogP contribution in [0.4, 0.5) is 0 Å². The number of likely N-dealkylation sites (tertiary alicyclic amines) is 1. The number of nitrogens with one attached hydrogen (secondary N) is 2. The van der Waals surface area contributed by atoms with Crippen molar-refractivity contribution < 1.29 is 39.2 Å². The average molecular weight is 717 g/mol. The van der Waals surface area contributed by atoms with Crippen LogP contribution in [0.25, 0.3) is 0 Å². The summed E-state index contributed by atoms with van der Waals surface area (Å²) in [6.45, 7) is 13.5. The van der Waals surface area contributed by atoms with Crippen LogP contribution in [0.5, 0.6) is 11.5 Å². The number of nitrogens with zero attached hydrogens (tertiary/aromatic N) is 2. The molecule has 5 aliphatic heterocycles. The molecule has 5 N–H and O–H groups in total. The summed E-state index contributed by atoms with van der Waals surface area (Å²) in [4.78, 5) is 50.1. The molecule has 1 fully saturated rings. The highest BCUT2D eigenvalue weighted by Gasteiger charge is 2.54. The zero-order valence-corrected chi connectivity index (χ0v) is 31.0. The normalized spacial score (nSPS) is 30.6. The first-order valence-electron chi connectivity index (χ1n) is 18.5. The van der Waals surface area contributed by atoms with E-state index in [0.717, 1.165) is 19.6 Å². The molecule has 1 aromatic carbocycles. The number of carbonyl (C=O) groups is 3. The highest BCUT2D eigenvalue weighted by Crippen LogP contribution is 2.50. The fraction of sp³-hybridized carbons (Fsp3) is 0.550. The van der Waals surface area contributed by atoms with Crippen molar-refractivity contribution in [3.63, 3.8) is 0 Å². The molecule has 12 nitrogen and oxygen atoms in total. The van der Waals surface area contributed by atoms with Crippen LogP contribution < -0.4 is 15.4 Å². The number of Topliss-reactive ketones (excluding diaryl/α,β-unsaturated/α-hetero) is 2. The number of phenols is 1. The summed E-state index contributed by atoms with van der Waals surface area (Å²) in [5.74, 6) is -3.17. The van der Waals surface area contributed by atoms with Gasteiger partial charge in [0.25, 0.3) is 11.7 Å². The summed E-state index contributed by atoms with van der Waals surface area (Å²) in [7, 11) is 0. The molecule has 5 heterocycles. The van der Waals surface area contributed by atoms with E-state index < -0.39 is 41.1 Å². The molecule has 1 saturated heterocycles. The number of aromatic hydroxyl groups is 1. The second-order valence-corrected chi connectivity index (χ2v) is 15.5. The molecule has 4 atom stereocenters. The van der Waals surface area contributed by atoms with E-state index >= 15 is 0 Å². The van der Waals surface area contributed by atoms with Gasteiger partial charge in [0.05, 0.1) is 41.0 Å². The summed E-state index contributed by atoms with van der Waals surface area (Å²) < 4.78 is 12.1. The number of rotatable bonds is 2. The number of amides is 1. The number of benzene rings is 1. The first kappa shape index (κ1) is 37.5. The fourth-order valence-corrected chi connectivity index (χ4v) is 7.67. The van der Waals surface area contributed by atoms with Gasteiger partial charge in [-0.05, 0) is 63.9 Å². The molecule has 3 unspecified atom stereocenters. The van der Waals surface area contributed by atoms with Crippen LogP contribution in [-0.2, 0) is 9.53 Å². The van der Waals surface area contributed by atoms with Gasteiger partial charge >= 0.3 is 5.79 Å². The second kappa shape index (κ2) is 14.6. The molecule has 5 bridgehead atoms. The van der Waals surface area contributed by atoms with Gasteiger partial charge in [0.2, 0.25) is 5.78 Å². The average Bonchev–Trinajstić information content (AvgIpc) is 3.58. The summed E-state index contributed by atoms with van der Waals surface area (Å²) in [6.07, 6.45) is 10.5. The largest absolute Gasteiger partial charge is 0.507 e. The number of aliphatic hydroxyl groups is 2. The minimum atomic E-state index is -1.81. The van der Waals surface area contributed by atoms with Crippen LogP contribution in [0.3, 0.4) is 0 Å². The van der Waals surface area contributed by atoms with Gasteiger partial charge in [-0.3, -0.25) is 19.4 Å². The van der Waals surface area contributed by atoms with Crippen molar-refractivity contribution in [2.75, 3.05) is 19.6 Å². The van der Waals surface area contributed by atoms with E-state index in [1.54, 1.807) is 32.1 Å². The SMILES string of the molecule is C/C1=C/C=C/C(C)CCC(O)C[C@H](O)CC/C=C/OC2(C)Oc3c(C)c(O)c4c(c3C2=O)C2=NC3(CCN(CC(C)C)CC3)NC2=C(NC1=O)C4=O. The maximum absolute atomic E-state index is 14.5. The molecule has 52 heavy (non-hydrogen) atoms. The predicted molar refractivity (Wildman–Crippen MR) is 196 cm³/mol. The molecule has 1 amide bonds. The Labute approximate surface area is 305 Å². The maximum atomic E-state index is 14.5. The van der Waals surface area contributed by atoms with E-state index in [-0.39, 0.29) is 51.8 Å². The highest BCUT2D eigenvalue weighted by molar-refractivity contribution is 6.34. The van der Waals surface area contributed by atoms with Crippen molar-refractivity contribution in [2.45, 2.75) is 110 Å². The summed E-state index contributed by atoms with van der Waals surface area (Å²) in [6, 6.07) is 0. The fourth-order valence-electron chi connectivity index (χ4n) is 7.67. The van der Waals surface area contributed by atoms with E-state index in [9.17, 15) is 29.7 Å². The Kier molecular flexibility index (Phi) is 10.6. The zero-order chi connectivity index (χ0) is 37.5. The zero-order valence-electron chi connectivity index (χ0n) is 31.0. The Morgan fingerprint density at radius 2 is 1.73 bits per heavy atom. The lowest BCUT2D eigenvalue weighted by atomic mass is 9.82. The molecule has 1 aliphatic carbocycles. The number of fused-ring (bicyclic) bond motifs is 13. The standard InChI is InChI=1S/C40H52N4O8/c1-22(2)21-44-17-15-40(16-18-44)42-31-28-29-34(47)25(5)36-30(28)37(49)39(6,52-36)51-19-8-7-12-26(45)20-27(46)14-13-23(3)10-9-11-24(4)38(50)41-33(35(29)48)32(31)43-40/h8-11,19,22-23,26-27,43,45-47H,7,12-18,20-21H2,1-6H3,(H,41,50)/b10-9+,19-8+,24-11-/t23?,26-,27?,39?/m1/s1. The van der Waals surface area contributed by atoms with E-state index in [1.165, 1.54) is 13.2 Å². The summed E-state index contributed by atoms with van der Waals surface area (Å²) in [5, 5.41) is 39.0. The van der Waals surface area contributed by atoms with Gasteiger partial charge in [0.15, 0.2) is 0 Å². The van der Waals surface area contributed by atoms with E-state index in [2.05, 4.69) is 29.4 Å². The second-order valence-electron chi connectivity index (χ2n) is 15.5. The van der Waals surface area contributed by atoms with Gasteiger partial charge in [-0.25, -0.2) is 0 Å². The molecule has 0 radical (unpaired) electrons. The van der Waals surface area contributed by atoms with Crippen molar-refractivity contribution in [1.29, 1.82) is 0 Å². The van der Waals surface area contributed by atoms with E-state index in [1.807, 2.05) is 13.0 Å². The van der Waals surface area contributed by atoms with E-state index in [0.29, 0.717) is 61.4 Å². The summed E-state index contributed by atoms with van der Waals surface area (Å²) >= 11 is 0. The van der Waals surface area contributed by atoms with Gasteiger partial charge < -0.3 is 40.3 Å². The van der Waals surface area contributed by atoms with Gasteiger partial charge in [0.1, 0.15) is 22.9 Å². The molecule has 280 valence electrons. The van der Waals surface area contributed by atoms with Gasteiger partial charge in [-0.15, -0.1) is 0 Å². The minimum absolute atomic E-state index is 0.0450. The molecule has 1 aromatic rings. The number of ketones is 2. The Morgan fingerprint density at radius 3 is 2.44 bits per heavy atom. The minimum Gasteiger partial charge on any atom is -0.507 e. The third-order valence-corrected chi connectivity index (χ3v) is 10.7. The lowest BCUT2D eigenvalue weighted by Gasteiger charge is -2.38. The number of carbonyl (C=O) groups excluding carboxylic acids is 3. The van der Waals surface area contributed by atoms with Crippen LogP contribution in [0, 0.1) is 18.8 Å². The number of hydrogen-bond acceptors (Lipinski definition) is 11. The molecular formula is C40H52N4O8. The summed E-state index contributed by atoms with van der Waals surface area (Å²) in [5.41, 5.74) is 0.435. The lowest BCUT2D eigenvalue weighted by Crippen LogP contribution is -2.50. The van der Waals surface area contributed by atoms with Crippen LogP contribution in [0.15, 0.2) is 52.5 Å². The smallest absolute Gasteiger partial charge is 0.312 e. The van der Waals surface area contributed by atoms with Crippen LogP contribution in [0.1, 0.15) is 111 Å². The number of allylic oxidation sites excluding steroid dienone is 6. The maximum Gasteiger partial charge on any atom is 0.312 e. The molecular weight excluding hydrogens is 664 g/mol. The number of phenolic OH excluding ortho intramolecular Hbond substituents is 1. The van der Waals surface area contributed by atoms with Crippen LogP contribution >= 0.6 is 0 Å². The Bertz CT molecular complexity index is 1800. The topological polar surface area (TPSA) is 170 Å². The number of hydrogen-bond donors (Lipinski definition) is 5. The van der Waals surface area contributed by atoms with Crippen molar-refractivity contribution in [3.05, 3.63) is 69.8 Å². The lowest BCUT2D eigenvalue weighted by molar-refractivity contribution is -0.116. The van der Waals surface area contributed by atoms with Crippen molar-refractivity contribution in [3.8, 4) is 11.5 Å². The quantitative estimate of drug-likeness (QED) is 0.289. The highest BCUT2D eigenvalue weighted by atomic mass is 16.7. The Morgan fingerprint density at radius 1 is 1.02 bits per heavy atom. The molecule has 12 heteroatoms. The van der Waals surface area contributed by atoms with Crippen molar-refractivity contribution >= 4 is 23.2 Å². The Balaban J connectivity index is 1.45. The van der Waals surface area contributed by atoms with Gasteiger partial charge in [-0.1, -0.05) is 39.0 Å². The third-order valence-electron chi connectivity index (χ3n) is 10.7. The first-order chi connectivity index (χ1) is 24.6. The number of aliphatic imine (C=N–C) groups is 1. The monoisotopic (exact) mass is 716 g/mol. The van der Waals surface area contributed by atoms with Crippen molar-refractivity contribution in [1.82, 2.24) is 15.5 Å².